The third-order valence-electron chi connectivity index (χ3n) is 9.01. The lowest BCUT2D eigenvalue weighted by Crippen LogP contribution is -2.57. The zero-order valence-electron chi connectivity index (χ0n) is 30.9. The number of methoxy groups -OCH3 is 1. The van der Waals surface area contributed by atoms with Gasteiger partial charge in [-0.25, -0.2) is 4.79 Å². The van der Waals surface area contributed by atoms with E-state index in [1.165, 1.54) is 7.11 Å². The number of allylic oxidation sites excluding steroid dienone is 1. The summed E-state index contributed by atoms with van der Waals surface area (Å²) in [6.07, 6.45) is 6.37. The van der Waals surface area contributed by atoms with Crippen molar-refractivity contribution in [3.05, 3.63) is 94.3 Å². The van der Waals surface area contributed by atoms with Crippen molar-refractivity contribution >= 4 is 41.4 Å². The minimum absolute atomic E-state index is 0.0212. The molecule has 3 heterocycles. The van der Waals surface area contributed by atoms with Gasteiger partial charge in [0.05, 0.1) is 7.11 Å². The number of aryl methyl sites for hydroxylation is 1. The maximum atomic E-state index is 13.9. The molecule has 11 nitrogen and oxygen atoms in total. The van der Waals surface area contributed by atoms with Gasteiger partial charge < -0.3 is 25.8 Å². The zero-order valence-corrected chi connectivity index (χ0v) is 31.7. The van der Waals surface area contributed by atoms with Crippen molar-refractivity contribution in [2.24, 2.45) is 11.3 Å². The number of hydrogen-bond acceptors (Lipinski definition) is 7. The van der Waals surface area contributed by atoms with Gasteiger partial charge in [-0.2, -0.15) is 11.3 Å². The minimum atomic E-state index is -1.87. The fourth-order valence-corrected chi connectivity index (χ4v) is 6.61. The van der Waals surface area contributed by atoms with Crippen molar-refractivity contribution in [3.8, 4) is 11.1 Å². The van der Waals surface area contributed by atoms with E-state index in [2.05, 4.69) is 26.8 Å². The van der Waals surface area contributed by atoms with Crippen LogP contribution in [0.15, 0.2) is 77.6 Å². The van der Waals surface area contributed by atoms with Crippen LogP contribution >= 0.6 is 11.3 Å². The van der Waals surface area contributed by atoms with Crippen molar-refractivity contribution < 1.29 is 33.7 Å². The van der Waals surface area contributed by atoms with E-state index in [4.69, 9.17) is 4.74 Å². The second kappa shape index (κ2) is 18.1. The number of amides is 4. The van der Waals surface area contributed by atoms with Gasteiger partial charge in [0.15, 0.2) is 6.54 Å². The molecule has 5 rings (SSSR count). The normalized spacial score (nSPS) is 19.8. The molecule has 278 valence electrons. The molecule has 2 aliphatic rings. The Labute approximate surface area is 310 Å². The Morgan fingerprint density at radius 1 is 1.06 bits per heavy atom. The summed E-state index contributed by atoms with van der Waals surface area (Å²) >= 11 is 1.62. The summed E-state index contributed by atoms with van der Waals surface area (Å²) in [5.74, 6) is -1.71. The molecule has 1 aromatic heterocycles. The van der Waals surface area contributed by atoms with Crippen LogP contribution in [0.2, 0.25) is 0 Å². The molecule has 52 heavy (non-hydrogen) atoms. The van der Waals surface area contributed by atoms with Gasteiger partial charge in [0.25, 0.3) is 11.8 Å². The Bertz CT molecular complexity index is 1730. The van der Waals surface area contributed by atoms with Crippen LogP contribution in [0.3, 0.4) is 0 Å². The maximum absolute atomic E-state index is 13.9. The number of carbonyl (C=O) groups is 4. The number of carbonyl (C=O) groups excluding carboxylic acids is 4. The largest absolute Gasteiger partial charge is 0.453 e. The van der Waals surface area contributed by atoms with E-state index in [9.17, 15) is 24.3 Å². The van der Waals surface area contributed by atoms with Crippen LogP contribution in [0.25, 0.3) is 11.1 Å². The van der Waals surface area contributed by atoms with Gasteiger partial charge in [-0.1, -0.05) is 77.1 Å². The number of hydrazine groups is 1. The van der Waals surface area contributed by atoms with Crippen molar-refractivity contribution in [3.63, 3.8) is 0 Å². The van der Waals surface area contributed by atoms with E-state index in [1.807, 2.05) is 101 Å². The fourth-order valence-electron chi connectivity index (χ4n) is 5.94. The number of aliphatic hydroxyl groups is 1. The van der Waals surface area contributed by atoms with E-state index in [1.54, 1.807) is 28.4 Å². The van der Waals surface area contributed by atoms with Crippen LogP contribution in [0.5, 0.6) is 0 Å². The van der Waals surface area contributed by atoms with Crippen LogP contribution in [0.4, 0.5) is 4.79 Å². The minimum Gasteiger partial charge on any atom is -0.453 e. The molecule has 2 aliphatic heterocycles. The van der Waals surface area contributed by atoms with Gasteiger partial charge in [-0.05, 0) is 88.0 Å². The molecule has 3 aromatic rings. The summed E-state index contributed by atoms with van der Waals surface area (Å²) in [4.78, 5) is 52.9. The smallest absolute Gasteiger partial charge is 0.407 e. The molecule has 12 heteroatoms. The zero-order chi connectivity index (χ0) is 37.9. The average Bonchev–Trinajstić information content (AvgIpc) is 3.64. The van der Waals surface area contributed by atoms with Gasteiger partial charge in [0.1, 0.15) is 17.7 Å². The van der Waals surface area contributed by atoms with Crippen molar-refractivity contribution in [2.75, 3.05) is 13.7 Å². The monoisotopic (exact) mass is 730 g/mol. The van der Waals surface area contributed by atoms with E-state index in [0.717, 1.165) is 40.7 Å². The molecule has 0 saturated heterocycles. The summed E-state index contributed by atoms with van der Waals surface area (Å²) in [6.45, 7) is 9.39. The molecule has 2 aromatic carbocycles. The van der Waals surface area contributed by atoms with E-state index >= 15 is 0 Å². The standard InChI is InChI=1S/C40H51N5O6S/c1-27(2)33-35(46)41-21-8-7-10-28-11-13-29(14-12-28)24-40(50,37(48)42-33)20-9-22-45(44-36(47)34(39(3,4)5)43-38(49)51-6)25-30-15-17-31(18-16-30)32-19-23-52-26-32/h8,11-19,21,23,25-27,33-34,50H,7,9-10,20,22,24H2,1-6H3,(H3-,41,42,43,44,46,47,48,49)/p+1/b21-8-,45-25-/t33-,34+,40+/m0/s1. The number of nitrogens with one attached hydrogen (secondary N) is 4. The molecule has 2 bridgehead atoms. The Balaban J connectivity index is 1.63. The number of fused-ring (bicyclic) bond motifs is 11. The number of rotatable bonds is 10. The lowest BCUT2D eigenvalue weighted by Gasteiger charge is -2.30. The van der Waals surface area contributed by atoms with Gasteiger partial charge >= 0.3 is 6.09 Å². The van der Waals surface area contributed by atoms with E-state index in [-0.39, 0.29) is 37.6 Å². The third kappa shape index (κ3) is 11.3. The van der Waals surface area contributed by atoms with E-state index < -0.39 is 41.0 Å². The topological polar surface area (TPSA) is 149 Å². The molecule has 0 radical (unpaired) electrons. The first-order valence-corrected chi connectivity index (χ1v) is 18.6. The molecule has 0 fully saturated rings. The number of hydrogen-bond donors (Lipinski definition) is 5. The highest BCUT2D eigenvalue weighted by molar-refractivity contribution is 7.08. The predicted octanol–water partition coefficient (Wildman–Crippen LogP) is 5.12. The summed E-state index contributed by atoms with van der Waals surface area (Å²) in [7, 11) is 1.24. The molecule has 0 saturated carbocycles. The van der Waals surface area contributed by atoms with Gasteiger partial charge in [-0.15, -0.1) is 10.1 Å². The fraction of sp³-hybridized carbons (Fsp3) is 0.425. The number of alkyl carbamates (subject to hydrolysis) is 1. The Morgan fingerprint density at radius 3 is 2.37 bits per heavy atom. The van der Waals surface area contributed by atoms with Gasteiger partial charge in [0, 0.05) is 18.4 Å². The van der Waals surface area contributed by atoms with Crippen molar-refractivity contribution in [1.29, 1.82) is 0 Å². The van der Waals surface area contributed by atoms with Gasteiger partial charge in [0.2, 0.25) is 12.1 Å². The first-order valence-electron chi connectivity index (χ1n) is 17.6. The van der Waals surface area contributed by atoms with Crippen LogP contribution in [-0.4, -0.2) is 71.2 Å². The second-order valence-electron chi connectivity index (χ2n) is 14.6. The molecule has 3 atom stereocenters. The summed E-state index contributed by atoms with van der Waals surface area (Å²) in [5, 5.41) is 24.4. The molecular weight excluding hydrogens is 679 g/mol. The Kier molecular flexibility index (Phi) is 13.9. The first-order chi connectivity index (χ1) is 24.7. The van der Waals surface area contributed by atoms with Gasteiger partial charge in [-0.3, -0.25) is 14.4 Å². The summed E-state index contributed by atoms with van der Waals surface area (Å²) in [5.41, 5.74) is 5.25. The van der Waals surface area contributed by atoms with Crippen LogP contribution in [0, 0.1) is 11.3 Å². The lowest BCUT2D eigenvalue weighted by atomic mass is 9.86. The molecule has 0 spiro atoms. The van der Waals surface area contributed by atoms with Crippen molar-refractivity contribution in [1.82, 2.24) is 21.4 Å². The highest BCUT2D eigenvalue weighted by atomic mass is 32.1. The Morgan fingerprint density at radius 2 is 1.75 bits per heavy atom. The highest BCUT2D eigenvalue weighted by Crippen LogP contribution is 2.24. The quantitative estimate of drug-likeness (QED) is 0.111. The van der Waals surface area contributed by atoms with Crippen molar-refractivity contribution in [2.45, 2.75) is 84.4 Å². The summed E-state index contributed by atoms with van der Waals surface area (Å²) in [6, 6.07) is 15.9. The SMILES string of the molecule is COC(=O)N[C@H](C(=O)N/[N+](=C\c1ccc(-c2ccsc2)cc1)CCC[C@@]1(O)Cc2ccc(cc2)CC/C=C\NC(=O)[C@H](C(C)C)NC1=O)C(C)(C)C. The van der Waals surface area contributed by atoms with Crippen LogP contribution in [-0.2, 0) is 32.0 Å². The number of ether oxygens (including phenoxy) is 1. The third-order valence-corrected chi connectivity index (χ3v) is 9.69. The van der Waals surface area contributed by atoms with E-state index in [0.29, 0.717) is 0 Å². The molecule has 0 aliphatic carbocycles. The molecule has 4 amide bonds. The second-order valence-corrected chi connectivity index (χ2v) is 15.4. The number of hydrazone groups is 1. The maximum Gasteiger partial charge on any atom is 0.407 e. The highest BCUT2D eigenvalue weighted by Gasteiger charge is 2.40. The molecular formula is C40H52N5O6S+. The average molecular weight is 731 g/mol. The predicted molar refractivity (Wildman–Crippen MR) is 204 cm³/mol. The van der Waals surface area contributed by atoms with Crippen LogP contribution in [0.1, 0.15) is 70.6 Å². The number of nitrogens with zero attached hydrogens (tertiary/aromatic N) is 1. The first kappa shape index (κ1) is 40.0. The number of benzene rings is 2. The Hall–Kier alpha value is -4.81. The summed E-state index contributed by atoms with van der Waals surface area (Å²) < 4.78 is 6.39. The molecule has 5 N–H and O–H groups in total. The lowest BCUT2D eigenvalue weighted by molar-refractivity contribution is -0.570. The number of thiophene rings is 1. The molecule has 0 unspecified atom stereocenters. The van der Waals surface area contributed by atoms with Crippen LogP contribution < -0.4 is 21.4 Å².